The number of rotatable bonds is 5. The molecule has 0 spiro atoms. The predicted octanol–water partition coefficient (Wildman–Crippen LogP) is 4.51. The van der Waals surface area contributed by atoms with Gasteiger partial charge >= 0.3 is 6.09 Å². The van der Waals surface area contributed by atoms with Crippen LogP contribution in [0.4, 0.5) is 15.0 Å². The van der Waals surface area contributed by atoms with Crippen LogP contribution in [0.25, 0.3) is 11.3 Å². The maximum atomic E-state index is 13.2. The Hall–Kier alpha value is -3.25. The molecule has 1 aromatic heterocycles. The van der Waals surface area contributed by atoms with Gasteiger partial charge in [0, 0.05) is 31.6 Å². The molecule has 148 valence electrons. The van der Waals surface area contributed by atoms with E-state index in [1.54, 1.807) is 24.3 Å². The van der Waals surface area contributed by atoms with Gasteiger partial charge in [-0.1, -0.05) is 36.4 Å². The van der Waals surface area contributed by atoms with Gasteiger partial charge in [-0.25, -0.2) is 14.2 Å². The quantitative estimate of drug-likeness (QED) is 0.694. The maximum absolute atomic E-state index is 13.2. The zero-order valence-corrected chi connectivity index (χ0v) is 15.8. The van der Waals surface area contributed by atoms with Crippen LogP contribution in [0, 0.1) is 5.82 Å². The van der Waals surface area contributed by atoms with Crippen LogP contribution < -0.4 is 4.90 Å². The molecule has 1 N–H and O–H groups in total. The molecular weight excluding hydrogens is 371 g/mol. The van der Waals surface area contributed by atoms with Crippen molar-refractivity contribution in [3.63, 3.8) is 0 Å². The lowest BCUT2D eigenvalue weighted by molar-refractivity contribution is -0.0259. The Morgan fingerprint density at radius 1 is 1.03 bits per heavy atom. The topological polar surface area (TPSA) is 62.7 Å². The third kappa shape index (κ3) is 3.84. The van der Waals surface area contributed by atoms with Crippen LogP contribution in [0.5, 0.6) is 0 Å². The Bertz CT molecular complexity index is 995. The first-order valence-corrected chi connectivity index (χ1v) is 9.51. The van der Waals surface area contributed by atoms with Crippen molar-refractivity contribution in [3.8, 4) is 11.3 Å². The summed E-state index contributed by atoms with van der Waals surface area (Å²) in [5, 5.41) is 9.55. The van der Waals surface area contributed by atoms with Gasteiger partial charge < -0.3 is 9.84 Å². The number of amides is 1. The number of nitrogens with zero attached hydrogens (tertiary/aromatic N) is 2. The van der Waals surface area contributed by atoms with Gasteiger partial charge in [-0.05, 0) is 42.0 Å². The van der Waals surface area contributed by atoms with E-state index in [-0.39, 0.29) is 12.4 Å². The number of ether oxygens (including phenoxy) is 1. The highest BCUT2D eigenvalue weighted by molar-refractivity contribution is 5.88. The molecule has 0 bridgehead atoms. The number of aromatic nitrogens is 1. The first kappa shape index (κ1) is 19.1. The lowest BCUT2D eigenvalue weighted by Crippen LogP contribution is -2.48. The number of anilines is 1. The number of benzene rings is 2. The van der Waals surface area contributed by atoms with Crippen LogP contribution >= 0.6 is 0 Å². The van der Waals surface area contributed by atoms with Gasteiger partial charge in [0.05, 0.1) is 5.69 Å². The normalized spacial score (nSPS) is 19.1. The summed E-state index contributed by atoms with van der Waals surface area (Å²) in [6, 6.07) is 20.9. The Kier molecular flexibility index (Phi) is 5.27. The molecule has 29 heavy (non-hydrogen) atoms. The third-order valence-electron chi connectivity index (χ3n) is 5.21. The summed E-state index contributed by atoms with van der Waals surface area (Å²) < 4.78 is 19.1. The molecule has 0 saturated carbocycles. The molecule has 5 nitrogen and oxygen atoms in total. The summed E-state index contributed by atoms with van der Waals surface area (Å²) >= 11 is 0. The van der Waals surface area contributed by atoms with Gasteiger partial charge in [0.1, 0.15) is 17.2 Å². The molecule has 6 heteroatoms. The average molecular weight is 392 g/mol. The standard InChI is InChI=1S/C23H21FN2O3/c24-19-11-9-17(10-12-19)20-7-4-8-21(25-20)26-15-13-23(14-16-27,29-22(26)28)18-5-2-1-3-6-18/h1-12,27H,13-16H2. The predicted molar refractivity (Wildman–Crippen MR) is 108 cm³/mol. The molecule has 0 radical (unpaired) electrons. The van der Waals surface area contributed by atoms with Crippen molar-refractivity contribution < 1.29 is 19.0 Å². The molecular formula is C23H21FN2O3. The van der Waals surface area contributed by atoms with E-state index in [2.05, 4.69) is 4.98 Å². The molecule has 3 aromatic rings. The first-order valence-electron chi connectivity index (χ1n) is 9.51. The van der Waals surface area contributed by atoms with Gasteiger partial charge in [-0.15, -0.1) is 0 Å². The van der Waals surface area contributed by atoms with E-state index in [4.69, 9.17) is 4.74 Å². The lowest BCUT2D eigenvalue weighted by atomic mass is 9.86. The van der Waals surface area contributed by atoms with Crippen molar-refractivity contribution in [2.24, 2.45) is 0 Å². The van der Waals surface area contributed by atoms with Gasteiger partial charge in [0.15, 0.2) is 0 Å². The van der Waals surface area contributed by atoms with Crippen LogP contribution in [-0.4, -0.2) is 29.3 Å². The molecule has 2 heterocycles. The molecule has 1 amide bonds. The van der Waals surface area contributed by atoms with Crippen LogP contribution in [-0.2, 0) is 10.3 Å². The fourth-order valence-electron chi connectivity index (χ4n) is 3.67. The Morgan fingerprint density at radius 2 is 1.79 bits per heavy atom. The maximum Gasteiger partial charge on any atom is 0.416 e. The Morgan fingerprint density at radius 3 is 2.48 bits per heavy atom. The van der Waals surface area contributed by atoms with Crippen LogP contribution in [0.1, 0.15) is 18.4 Å². The summed E-state index contributed by atoms with van der Waals surface area (Å²) in [7, 11) is 0. The molecule has 1 fully saturated rings. The third-order valence-corrected chi connectivity index (χ3v) is 5.21. The zero-order chi connectivity index (χ0) is 20.3. The number of halogens is 1. The summed E-state index contributed by atoms with van der Waals surface area (Å²) in [6.07, 6.45) is 0.364. The SMILES string of the molecule is O=C1OC(CCO)(c2ccccc2)CCN1c1cccc(-c2ccc(F)cc2)n1. The second kappa shape index (κ2) is 8.01. The number of pyridine rings is 1. The van der Waals surface area contributed by atoms with Crippen molar-refractivity contribution in [3.05, 3.63) is 84.2 Å². The van der Waals surface area contributed by atoms with Gasteiger partial charge in [-0.3, -0.25) is 4.90 Å². The average Bonchev–Trinajstić information content (AvgIpc) is 2.75. The largest absolute Gasteiger partial charge is 0.437 e. The van der Waals surface area contributed by atoms with Gasteiger partial charge in [0.25, 0.3) is 0 Å². The van der Waals surface area contributed by atoms with E-state index in [0.717, 1.165) is 11.1 Å². The fourth-order valence-corrected chi connectivity index (χ4v) is 3.67. The first-order chi connectivity index (χ1) is 14.1. The van der Waals surface area contributed by atoms with Crippen LogP contribution in [0.3, 0.4) is 0 Å². The fraction of sp³-hybridized carbons (Fsp3) is 0.217. The Balaban J connectivity index is 1.60. The molecule has 1 saturated heterocycles. The number of aliphatic hydroxyl groups is 1. The minimum absolute atomic E-state index is 0.0829. The van der Waals surface area contributed by atoms with E-state index in [9.17, 15) is 14.3 Å². The number of hydrogen-bond acceptors (Lipinski definition) is 4. The second-order valence-electron chi connectivity index (χ2n) is 6.99. The van der Waals surface area contributed by atoms with E-state index < -0.39 is 11.7 Å². The summed E-state index contributed by atoms with van der Waals surface area (Å²) in [6.45, 7) is 0.327. The van der Waals surface area contributed by atoms with Crippen LogP contribution in [0.15, 0.2) is 72.8 Å². The van der Waals surface area contributed by atoms with Crippen molar-refractivity contribution in [1.29, 1.82) is 0 Å². The molecule has 1 aliphatic rings. The minimum Gasteiger partial charge on any atom is -0.437 e. The number of cyclic esters (lactones) is 1. The molecule has 0 aliphatic carbocycles. The van der Waals surface area contributed by atoms with Crippen molar-refractivity contribution >= 4 is 11.9 Å². The second-order valence-corrected chi connectivity index (χ2v) is 6.99. The molecule has 4 rings (SSSR count). The van der Waals surface area contributed by atoms with E-state index in [1.807, 2.05) is 36.4 Å². The van der Waals surface area contributed by atoms with Gasteiger partial charge in [0.2, 0.25) is 0 Å². The van der Waals surface area contributed by atoms with E-state index in [1.165, 1.54) is 17.0 Å². The highest BCUT2D eigenvalue weighted by atomic mass is 19.1. The molecule has 1 atom stereocenters. The van der Waals surface area contributed by atoms with Crippen molar-refractivity contribution in [2.75, 3.05) is 18.1 Å². The van der Waals surface area contributed by atoms with Gasteiger partial charge in [-0.2, -0.15) is 0 Å². The number of carbonyl (C=O) groups is 1. The molecule has 1 unspecified atom stereocenters. The summed E-state index contributed by atoms with van der Waals surface area (Å²) in [4.78, 5) is 18.9. The minimum atomic E-state index is -0.849. The van der Waals surface area contributed by atoms with Crippen molar-refractivity contribution in [1.82, 2.24) is 4.98 Å². The summed E-state index contributed by atoms with van der Waals surface area (Å²) in [5.41, 5.74) is 1.43. The molecule has 1 aliphatic heterocycles. The monoisotopic (exact) mass is 392 g/mol. The van der Waals surface area contributed by atoms with Crippen LogP contribution in [0.2, 0.25) is 0 Å². The highest BCUT2D eigenvalue weighted by Crippen LogP contribution is 2.38. The Labute approximate surface area is 168 Å². The zero-order valence-electron chi connectivity index (χ0n) is 15.8. The highest BCUT2D eigenvalue weighted by Gasteiger charge is 2.42. The van der Waals surface area contributed by atoms with E-state index in [0.29, 0.717) is 30.9 Å². The molecule has 2 aromatic carbocycles. The van der Waals surface area contributed by atoms with Crippen molar-refractivity contribution in [2.45, 2.75) is 18.4 Å². The summed E-state index contributed by atoms with van der Waals surface area (Å²) in [5.74, 6) is 0.160. The number of hydrogen-bond donors (Lipinski definition) is 1. The number of aliphatic hydroxyl groups excluding tert-OH is 1. The lowest BCUT2D eigenvalue weighted by Gasteiger charge is -2.41. The number of carbonyl (C=O) groups excluding carboxylic acids is 1. The smallest absolute Gasteiger partial charge is 0.416 e. The van der Waals surface area contributed by atoms with E-state index >= 15 is 0 Å².